The van der Waals surface area contributed by atoms with Crippen LogP contribution in [-0.2, 0) is 23.6 Å². The Morgan fingerprint density at radius 1 is 1.33 bits per heavy atom. The molecule has 0 aliphatic rings. The number of aryl methyl sites for hydroxylation is 1. The van der Waals surface area contributed by atoms with E-state index >= 15 is 0 Å². The van der Waals surface area contributed by atoms with Crippen molar-refractivity contribution in [2.75, 3.05) is 0 Å². The zero-order chi connectivity index (χ0) is 13.2. The molecule has 0 aromatic carbocycles. The average molecular weight is 284 g/mol. The average Bonchev–Trinajstić information content (AvgIpc) is 2.85. The molecule has 0 fully saturated rings. The molecule has 2 aromatic rings. The highest BCUT2D eigenvalue weighted by molar-refractivity contribution is 7.91. The van der Waals surface area contributed by atoms with Crippen LogP contribution in [0.15, 0.2) is 44.8 Å². The molecule has 96 valence electrons. The summed E-state index contributed by atoms with van der Waals surface area (Å²) in [5.74, 6) is 0. The van der Waals surface area contributed by atoms with E-state index in [1.165, 1.54) is 10.6 Å². The minimum atomic E-state index is -3.46. The van der Waals surface area contributed by atoms with Gasteiger partial charge < -0.3 is 4.57 Å². The van der Waals surface area contributed by atoms with Gasteiger partial charge in [0.05, 0.1) is 0 Å². The fourth-order valence-corrected chi connectivity index (χ4v) is 3.48. The van der Waals surface area contributed by atoms with Gasteiger partial charge in [0, 0.05) is 25.9 Å². The normalized spacial score (nSPS) is 11.6. The molecule has 0 radical (unpaired) electrons. The maximum atomic E-state index is 11.8. The van der Waals surface area contributed by atoms with Crippen molar-refractivity contribution in [3.05, 3.63) is 51.8 Å². The molecule has 7 heteroatoms. The number of pyridine rings is 1. The first-order chi connectivity index (χ1) is 8.49. The minimum absolute atomic E-state index is 0.125. The highest BCUT2D eigenvalue weighted by Crippen LogP contribution is 2.15. The third-order valence-corrected chi connectivity index (χ3v) is 5.17. The van der Waals surface area contributed by atoms with Crippen LogP contribution in [0.1, 0.15) is 5.56 Å². The van der Waals surface area contributed by atoms with E-state index in [9.17, 15) is 13.2 Å². The molecule has 0 bridgehead atoms. The molecule has 0 amide bonds. The van der Waals surface area contributed by atoms with Crippen LogP contribution in [0.25, 0.3) is 0 Å². The predicted octanol–water partition coefficient (Wildman–Crippen LogP) is 0.925. The molecule has 0 spiro atoms. The van der Waals surface area contributed by atoms with Crippen molar-refractivity contribution in [2.24, 2.45) is 7.05 Å². The van der Waals surface area contributed by atoms with Gasteiger partial charge in [-0.15, -0.1) is 11.3 Å². The molecular formula is C11H12N2O3S2. The number of nitrogens with zero attached hydrogens (tertiary/aromatic N) is 1. The topological polar surface area (TPSA) is 68.2 Å². The zero-order valence-corrected chi connectivity index (χ0v) is 11.3. The second kappa shape index (κ2) is 5.05. The lowest BCUT2D eigenvalue weighted by atomic mass is 10.3. The summed E-state index contributed by atoms with van der Waals surface area (Å²) >= 11 is 1.16. The van der Waals surface area contributed by atoms with Crippen molar-refractivity contribution < 1.29 is 8.42 Å². The van der Waals surface area contributed by atoms with Crippen LogP contribution < -0.4 is 10.3 Å². The lowest BCUT2D eigenvalue weighted by Crippen LogP contribution is -2.24. The summed E-state index contributed by atoms with van der Waals surface area (Å²) in [6.07, 6.45) is 1.61. The highest BCUT2D eigenvalue weighted by Gasteiger charge is 2.14. The lowest BCUT2D eigenvalue weighted by Gasteiger charge is -2.06. The molecule has 1 N–H and O–H groups in total. The van der Waals surface area contributed by atoms with E-state index in [1.807, 2.05) is 0 Å². The number of sulfonamides is 1. The number of aromatic nitrogens is 1. The SMILES string of the molecule is Cn1cc(CNS(=O)(=O)c2cccs2)ccc1=O. The molecular weight excluding hydrogens is 272 g/mol. The summed E-state index contributed by atoms with van der Waals surface area (Å²) in [5, 5.41) is 1.71. The van der Waals surface area contributed by atoms with Crippen molar-refractivity contribution in [3.63, 3.8) is 0 Å². The van der Waals surface area contributed by atoms with Crippen LogP contribution in [0.2, 0.25) is 0 Å². The van der Waals surface area contributed by atoms with E-state index in [1.54, 1.807) is 36.8 Å². The van der Waals surface area contributed by atoms with Crippen LogP contribution in [0, 0.1) is 0 Å². The Balaban J connectivity index is 2.12. The number of nitrogens with one attached hydrogen (secondary N) is 1. The first kappa shape index (κ1) is 13.0. The summed E-state index contributed by atoms with van der Waals surface area (Å²) in [4.78, 5) is 11.2. The van der Waals surface area contributed by atoms with E-state index < -0.39 is 10.0 Å². The second-order valence-corrected chi connectivity index (χ2v) is 6.68. The summed E-state index contributed by atoms with van der Waals surface area (Å²) in [5.41, 5.74) is 0.608. The van der Waals surface area contributed by atoms with Crippen molar-refractivity contribution in [1.82, 2.24) is 9.29 Å². The zero-order valence-electron chi connectivity index (χ0n) is 9.66. The van der Waals surface area contributed by atoms with Gasteiger partial charge >= 0.3 is 0 Å². The van der Waals surface area contributed by atoms with Crippen LogP contribution in [0.3, 0.4) is 0 Å². The van der Waals surface area contributed by atoms with E-state index in [0.29, 0.717) is 0 Å². The van der Waals surface area contributed by atoms with E-state index in [0.717, 1.165) is 16.9 Å². The Hall–Kier alpha value is -1.44. The van der Waals surface area contributed by atoms with Gasteiger partial charge in [-0.25, -0.2) is 13.1 Å². The lowest BCUT2D eigenvalue weighted by molar-refractivity contribution is 0.583. The number of thiophene rings is 1. The number of hydrogen-bond donors (Lipinski definition) is 1. The Morgan fingerprint density at radius 3 is 2.72 bits per heavy atom. The summed E-state index contributed by atoms with van der Waals surface area (Å²) < 4.78 is 27.9. The Bertz CT molecular complexity index is 687. The van der Waals surface area contributed by atoms with E-state index in [-0.39, 0.29) is 16.3 Å². The number of rotatable bonds is 4. The molecule has 18 heavy (non-hydrogen) atoms. The second-order valence-electron chi connectivity index (χ2n) is 3.74. The van der Waals surface area contributed by atoms with Gasteiger partial charge in [-0.1, -0.05) is 12.1 Å². The smallest absolute Gasteiger partial charge is 0.250 e. The third-order valence-electron chi connectivity index (χ3n) is 2.37. The van der Waals surface area contributed by atoms with E-state index in [4.69, 9.17) is 0 Å². The first-order valence-corrected chi connectivity index (χ1v) is 7.54. The molecule has 0 aliphatic carbocycles. The summed E-state index contributed by atoms with van der Waals surface area (Å²) in [6.45, 7) is 0.161. The van der Waals surface area contributed by atoms with Crippen molar-refractivity contribution in [2.45, 2.75) is 10.8 Å². The fourth-order valence-electron chi connectivity index (χ4n) is 1.42. The monoisotopic (exact) mass is 284 g/mol. The molecule has 0 aliphatic heterocycles. The molecule has 0 atom stereocenters. The Labute approximate surface area is 109 Å². The standard InChI is InChI=1S/C11H12N2O3S2/c1-13-8-9(4-5-10(13)14)7-12-18(15,16)11-3-2-6-17-11/h2-6,8,12H,7H2,1H3. The van der Waals surface area contributed by atoms with Gasteiger partial charge in [-0.3, -0.25) is 4.79 Å². The first-order valence-electron chi connectivity index (χ1n) is 5.18. The summed E-state index contributed by atoms with van der Waals surface area (Å²) in [7, 11) is -1.83. The van der Waals surface area contributed by atoms with Crippen LogP contribution in [0.5, 0.6) is 0 Å². The summed E-state index contributed by atoms with van der Waals surface area (Å²) in [6, 6.07) is 6.26. The van der Waals surface area contributed by atoms with Gasteiger partial charge in [0.25, 0.3) is 0 Å². The largest absolute Gasteiger partial charge is 0.318 e. The molecule has 2 heterocycles. The van der Waals surface area contributed by atoms with Crippen molar-refractivity contribution in [3.8, 4) is 0 Å². The highest BCUT2D eigenvalue weighted by atomic mass is 32.2. The van der Waals surface area contributed by atoms with Gasteiger partial charge in [0.1, 0.15) is 4.21 Å². The van der Waals surface area contributed by atoms with Crippen LogP contribution >= 0.6 is 11.3 Å². The van der Waals surface area contributed by atoms with Crippen molar-refractivity contribution >= 4 is 21.4 Å². The van der Waals surface area contributed by atoms with Gasteiger partial charge in [-0.05, 0) is 17.0 Å². The van der Waals surface area contributed by atoms with Crippen LogP contribution in [-0.4, -0.2) is 13.0 Å². The van der Waals surface area contributed by atoms with Gasteiger partial charge in [-0.2, -0.15) is 0 Å². The van der Waals surface area contributed by atoms with Crippen molar-refractivity contribution in [1.29, 1.82) is 0 Å². The maximum Gasteiger partial charge on any atom is 0.250 e. The third kappa shape index (κ3) is 2.87. The minimum Gasteiger partial charge on any atom is -0.318 e. The van der Waals surface area contributed by atoms with Gasteiger partial charge in [0.2, 0.25) is 15.6 Å². The molecule has 2 rings (SSSR count). The molecule has 2 aromatic heterocycles. The predicted molar refractivity (Wildman–Crippen MR) is 70.0 cm³/mol. The van der Waals surface area contributed by atoms with E-state index in [2.05, 4.69) is 4.72 Å². The fraction of sp³-hybridized carbons (Fsp3) is 0.182. The number of hydrogen-bond acceptors (Lipinski definition) is 4. The molecule has 5 nitrogen and oxygen atoms in total. The maximum absolute atomic E-state index is 11.8. The van der Waals surface area contributed by atoms with Crippen LogP contribution in [0.4, 0.5) is 0 Å². The Kier molecular flexibility index (Phi) is 3.65. The quantitative estimate of drug-likeness (QED) is 0.908. The van der Waals surface area contributed by atoms with Gasteiger partial charge in [0.15, 0.2) is 0 Å². The molecule has 0 saturated heterocycles. The molecule has 0 saturated carbocycles. The Morgan fingerprint density at radius 2 is 2.11 bits per heavy atom. The molecule has 0 unspecified atom stereocenters.